The number of nitrogens with two attached hydrogens (primary N) is 1. The molecular formula is C16H26N2O. The molecule has 106 valence electrons. The van der Waals surface area contributed by atoms with Crippen LogP contribution in [-0.4, -0.2) is 12.5 Å². The fraction of sp³-hybridized carbons (Fsp3) is 0.562. The first kappa shape index (κ1) is 15.7. The summed E-state index contributed by atoms with van der Waals surface area (Å²) in [6.07, 6.45) is 6.17. The molecule has 0 saturated carbocycles. The molecule has 1 atom stereocenters. The van der Waals surface area contributed by atoms with Crippen LogP contribution in [0.15, 0.2) is 30.3 Å². The van der Waals surface area contributed by atoms with Gasteiger partial charge in [-0.3, -0.25) is 4.79 Å². The van der Waals surface area contributed by atoms with Crippen molar-refractivity contribution in [3.8, 4) is 0 Å². The van der Waals surface area contributed by atoms with E-state index in [0.29, 0.717) is 12.5 Å². The predicted octanol–water partition coefficient (Wildman–Crippen LogP) is 3.16. The van der Waals surface area contributed by atoms with Crippen molar-refractivity contribution < 1.29 is 4.79 Å². The monoisotopic (exact) mass is 262 g/mol. The Morgan fingerprint density at radius 1 is 1.21 bits per heavy atom. The van der Waals surface area contributed by atoms with Crippen LogP contribution in [0, 0.1) is 0 Å². The van der Waals surface area contributed by atoms with Crippen molar-refractivity contribution >= 4 is 5.91 Å². The molecule has 0 aliphatic heterocycles. The zero-order chi connectivity index (χ0) is 13.9. The molecule has 0 saturated heterocycles. The SMILES string of the molecule is CCCCCC(NCCCC(N)=O)c1ccccc1. The fourth-order valence-electron chi connectivity index (χ4n) is 2.21. The number of hydrogen-bond acceptors (Lipinski definition) is 2. The van der Waals surface area contributed by atoms with Gasteiger partial charge in [-0.05, 0) is 24.9 Å². The van der Waals surface area contributed by atoms with Crippen LogP contribution in [0.25, 0.3) is 0 Å². The molecule has 0 spiro atoms. The van der Waals surface area contributed by atoms with Crippen molar-refractivity contribution in [3.63, 3.8) is 0 Å². The zero-order valence-electron chi connectivity index (χ0n) is 11.9. The molecule has 0 radical (unpaired) electrons. The standard InChI is InChI=1S/C16H26N2O/c1-2-3-5-11-15(14-9-6-4-7-10-14)18-13-8-12-16(17)19/h4,6-7,9-10,15,18H,2-3,5,8,11-13H2,1H3,(H2,17,19). The predicted molar refractivity (Wildman–Crippen MR) is 79.8 cm³/mol. The van der Waals surface area contributed by atoms with Crippen LogP contribution < -0.4 is 11.1 Å². The molecule has 0 aliphatic rings. The second kappa shape index (κ2) is 9.56. The molecular weight excluding hydrogens is 236 g/mol. The van der Waals surface area contributed by atoms with Gasteiger partial charge < -0.3 is 11.1 Å². The summed E-state index contributed by atoms with van der Waals surface area (Å²) in [7, 11) is 0. The Morgan fingerprint density at radius 2 is 1.95 bits per heavy atom. The molecule has 0 aromatic heterocycles. The highest BCUT2D eigenvalue weighted by Crippen LogP contribution is 2.19. The molecule has 1 amide bonds. The van der Waals surface area contributed by atoms with E-state index >= 15 is 0 Å². The van der Waals surface area contributed by atoms with Crippen molar-refractivity contribution in [1.29, 1.82) is 0 Å². The third-order valence-electron chi connectivity index (χ3n) is 3.29. The van der Waals surface area contributed by atoms with Crippen molar-refractivity contribution in [1.82, 2.24) is 5.32 Å². The van der Waals surface area contributed by atoms with E-state index in [1.807, 2.05) is 6.07 Å². The quantitative estimate of drug-likeness (QED) is 0.636. The lowest BCUT2D eigenvalue weighted by Crippen LogP contribution is -2.24. The zero-order valence-corrected chi connectivity index (χ0v) is 11.9. The van der Waals surface area contributed by atoms with E-state index < -0.39 is 0 Å². The van der Waals surface area contributed by atoms with Gasteiger partial charge in [-0.15, -0.1) is 0 Å². The molecule has 1 aromatic rings. The van der Waals surface area contributed by atoms with Crippen LogP contribution in [0.2, 0.25) is 0 Å². The first-order valence-corrected chi connectivity index (χ1v) is 7.30. The number of rotatable bonds is 10. The summed E-state index contributed by atoms with van der Waals surface area (Å²) in [6.45, 7) is 3.06. The minimum absolute atomic E-state index is 0.218. The van der Waals surface area contributed by atoms with Crippen molar-refractivity contribution in [3.05, 3.63) is 35.9 Å². The van der Waals surface area contributed by atoms with Crippen LogP contribution in [0.5, 0.6) is 0 Å². The molecule has 1 rings (SSSR count). The largest absolute Gasteiger partial charge is 0.370 e. The normalized spacial score (nSPS) is 12.3. The summed E-state index contributed by atoms with van der Waals surface area (Å²) in [6, 6.07) is 10.9. The molecule has 1 unspecified atom stereocenters. The summed E-state index contributed by atoms with van der Waals surface area (Å²) in [5.74, 6) is -0.218. The van der Waals surface area contributed by atoms with E-state index in [1.165, 1.54) is 24.8 Å². The maximum atomic E-state index is 10.7. The van der Waals surface area contributed by atoms with Gasteiger partial charge in [0.25, 0.3) is 0 Å². The summed E-state index contributed by atoms with van der Waals surface area (Å²) in [5.41, 5.74) is 6.48. The lowest BCUT2D eigenvalue weighted by molar-refractivity contribution is -0.118. The Bertz CT molecular complexity index is 351. The molecule has 3 nitrogen and oxygen atoms in total. The van der Waals surface area contributed by atoms with E-state index in [2.05, 4.69) is 36.5 Å². The lowest BCUT2D eigenvalue weighted by Gasteiger charge is -2.19. The highest BCUT2D eigenvalue weighted by molar-refractivity contribution is 5.73. The molecule has 0 heterocycles. The Balaban J connectivity index is 2.43. The summed E-state index contributed by atoms with van der Waals surface area (Å²) < 4.78 is 0. The number of carbonyl (C=O) groups excluding carboxylic acids is 1. The number of primary amides is 1. The summed E-state index contributed by atoms with van der Waals surface area (Å²) >= 11 is 0. The molecule has 3 N–H and O–H groups in total. The van der Waals surface area contributed by atoms with Gasteiger partial charge in [-0.1, -0.05) is 56.5 Å². The molecule has 0 fully saturated rings. The van der Waals surface area contributed by atoms with Crippen LogP contribution in [0.1, 0.15) is 57.1 Å². The van der Waals surface area contributed by atoms with Gasteiger partial charge in [0.2, 0.25) is 5.91 Å². The van der Waals surface area contributed by atoms with Crippen molar-refractivity contribution in [2.45, 2.75) is 51.5 Å². The number of nitrogens with one attached hydrogen (secondary N) is 1. The summed E-state index contributed by atoms with van der Waals surface area (Å²) in [4.78, 5) is 10.7. The van der Waals surface area contributed by atoms with E-state index in [9.17, 15) is 4.79 Å². The first-order valence-electron chi connectivity index (χ1n) is 7.30. The van der Waals surface area contributed by atoms with Crippen LogP contribution >= 0.6 is 0 Å². The number of amides is 1. The van der Waals surface area contributed by atoms with Gasteiger partial charge in [-0.2, -0.15) is 0 Å². The van der Waals surface area contributed by atoms with E-state index in [1.54, 1.807) is 0 Å². The Morgan fingerprint density at radius 3 is 2.58 bits per heavy atom. The van der Waals surface area contributed by atoms with Gasteiger partial charge >= 0.3 is 0 Å². The Kier molecular flexibility index (Phi) is 7.91. The number of unbranched alkanes of at least 4 members (excludes halogenated alkanes) is 2. The average Bonchev–Trinajstić information content (AvgIpc) is 2.42. The Hall–Kier alpha value is -1.35. The van der Waals surface area contributed by atoms with Crippen LogP contribution in [0.4, 0.5) is 0 Å². The minimum atomic E-state index is -0.218. The second-order valence-electron chi connectivity index (χ2n) is 4.98. The first-order chi connectivity index (χ1) is 9.24. The number of carbonyl (C=O) groups is 1. The molecule has 3 heteroatoms. The topological polar surface area (TPSA) is 55.1 Å². The molecule has 0 aliphatic carbocycles. The van der Waals surface area contributed by atoms with Gasteiger partial charge in [-0.25, -0.2) is 0 Å². The third-order valence-corrected chi connectivity index (χ3v) is 3.29. The van der Waals surface area contributed by atoms with E-state index in [4.69, 9.17) is 5.73 Å². The van der Waals surface area contributed by atoms with Crippen LogP contribution in [-0.2, 0) is 4.79 Å². The fourth-order valence-corrected chi connectivity index (χ4v) is 2.21. The second-order valence-corrected chi connectivity index (χ2v) is 4.98. The van der Waals surface area contributed by atoms with Crippen LogP contribution in [0.3, 0.4) is 0 Å². The highest BCUT2D eigenvalue weighted by Gasteiger charge is 2.09. The average molecular weight is 262 g/mol. The van der Waals surface area contributed by atoms with Gasteiger partial charge in [0, 0.05) is 12.5 Å². The highest BCUT2D eigenvalue weighted by atomic mass is 16.1. The van der Waals surface area contributed by atoms with E-state index in [-0.39, 0.29) is 5.91 Å². The third kappa shape index (κ3) is 6.97. The molecule has 0 bridgehead atoms. The van der Waals surface area contributed by atoms with Gasteiger partial charge in [0.15, 0.2) is 0 Å². The van der Waals surface area contributed by atoms with Crippen molar-refractivity contribution in [2.24, 2.45) is 5.73 Å². The maximum Gasteiger partial charge on any atom is 0.217 e. The van der Waals surface area contributed by atoms with Crippen molar-refractivity contribution in [2.75, 3.05) is 6.54 Å². The Labute approximate surface area is 116 Å². The van der Waals surface area contributed by atoms with E-state index in [0.717, 1.165) is 19.4 Å². The smallest absolute Gasteiger partial charge is 0.217 e. The van der Waals surface area contributed by atoms with Gasteiger partial charge in [0.05, 0.1) is 0 Å². The number of hydrogen-bond donors (Lipinski definition) is 2. The van der Waals surface area contributed by atoms with Gasteiger partial charge in [0.1, 0.15) is 0 Å². The molecule has 19 heavy (non-hydrogen) atoms. The number of benzene rings is 1. The minimum Gasteiger partial charge on any atom is -0.370 e. The molecule has 1 aromatic carbocycles. The lowest BCUT2D eigenvalue weighted by atomic mass is 10.0. The summed E-state index contributed by atoms with van der Waals surface area (Å²) in [5, 5.41) is 3.54. The maximum absolute atomic E-state index is 10.7.